The van der Waals surface area contributed by atoms with Crippen molar-refractivity contribution in [2.24, 2.45) is 0 Å². The van der Waals surface area contributed by atoms with Gasteiger partial charge in [-0.25, -0.2) is 0 Å². The van der Waals surface area contributed by atoms with Gasteiger partial charge in [0.15, 0.2) is 0 Å². The number of nitrogens with zero attached hydrogens (tertiary/aromatic N) is 1. The van der Waals surface area contributed by atoms with E-state index in [4.69, 9.17) is 0 Å². The van der Waals surface area contributed by atoms with Crippen molar-refractivity contribution in [1.82, 2.24) is 4.90 Å². The van der Waals surface area contributed by atoms with E-state index in [9.17, 15) is 18.0 Å². The molecule has 2 aliphatic rings. The number of carbonyl (C=O) groups is 1. The second-order valence-corrected chi connectivity index (χ2v) is 7.72. The first-order valence-electron chi connectivity index (χ1n) is 8.09. The predicted molar refractivity (Wildman–Crippen MR) is 91.5 cm³/mol. The summed E-state index contributed by atoms with van der Waals surface area (Å²) >= 11 is 1.55. The number of thioether (sulfide) groups is 1. The summed E-state index contributed by atoms with van der Waals surface area (Å²) in [4.78, 5) is 13.8. The highest BCUT2D eigenvalue weighted by Gasteiger charge is 2.53. The smallest absolute Gasteiger partial charge is 0.316 e. The van der Waals surface area contributed by atoms with Crippen molar-refractivity contribution >= 4 is 17.7 Å². The SMILES string of the molecule is Cc1ccc2c(c1)C1(c3cccc(C(F)(F)F)c3)SCCCN1C2=O. The number of carbonyl (C=O) groups excluding carboxylic acids is 1. The summed E-state index contributed by atoms with van der Waals surface area (Å²) in [5.41, 5.74) is 2.23. The van der Waals surface area contributed by atoms with Crippen LogP contribution in [0.2, 0.25) is 0 Å². The quantitative estimate of drug-likeness (QED) is 0.725. The van der Waals surface area contributed by atoms with E-state index in [0.29, 0.717) is 17.7 Å². The number of hydrogen-bond acceptors (Lipinski definition) is 2. The Balaban J connectivity index is 1.97. The lowest BCUT2D eigenvalue weighted by Crippen LogP contribution is -2.46. The van der Waals surface area contributed by atoms with Gasteiger partial charge in [0.2, 0.25) is 0 Å². The molecule has 1 unspecified atom stereocenters. The Hall–Kier alpha value is -1.95. The zero-order chi connectivity index (χ0) is 17.8. The summed E-state index contributed by atoms with van der Waals surface area (Å²) in [6, 6.07) is 11.0. The van der Waals surface area contributed by atoms with Crippen LogP contribution >= 0.6 is 11.8 Å². The molecule has 1 saturated heterocycles. The average molecular weight is 363 g/mol. The zero-order valence-corrected chi connectivity index (χ0v) is 14.4. The van der Waals surface area contributed by atoms with Crippen LogP contribution in [0, 0.1) is 6.92 Å². The van der Waals surface area contributed by atoms with E-state index < -0.39 is 16.6 Å². The molecule has 2 heterocycles. The molecule has 2 aromatic rings. The van der Waals surface area contributed by atoms with Crippen molar-refractivity contribution in [1.29, 1.82) is 0 Å². The van der Waals surface area contributed by atoms with Gasteiger partial charge in [0.1, 0.15) is 4.87 Å². The van der Waals surface area contributed by atoms with Gasteiger partial charge in [-0.1, -0.05) is 29.8 Å². The van der Waals surface area contributed by atoms with E-state index in [1.54, 1.807) is 28.8 Å². The molecule has 0 N–H and O–H groups in total. The Labute approximate surface area is 148 Å². The van der Waals surface area contributed by atoms with Gasteiger partial charge < -0.3 is 4.90 Å². The molecule has 0 saturated carbocycles. The molecule has 0 radical (unpaired) electrons. The van der Waals surface area contributed by atoms with Crippen molar-refractivity contribution in [3.8, 4) is 0 Å². The topological polar surface area (TPSA) is 20.3 Å². The normalized spacial score (nSPS) is 22.7. The third kappa shape index (κ3) is 2.38. The average Bonchev–Trinajstić information content (AvgIpc) is 2.84. The maximum absolute atomic E-state index is 13.2. The Kier molecular flexibility index (Phi) is 3.65. The summed E-state index contributed by atoms with van der Waals surface area (Å²) in [5.74, 6) is 0.701. The van der Waals surface area contributed by atoms with E-state index in [1.807, 2.05) is 19.1 Å². The number of alkyl halides is 3. The van der Waals surface area contributed by atoms with Crippen LogP contribution in [-0.2, 0) is 11.0 Å². The lowest BCUT2D eigenvalue weighted by molar-refractivity contribution is -0.137. The standard InChI is InChI=1S/C19H16F3NOS/c1-12-6-7-15-16(10-12)18(23(17(15)24)8-3-9-25-18)13-4-2-5-14(11-13)19(20,21)22/h2,4-7,10-11H,3,8-9H2,1H3. The van der Waals surface area contributed by atoms with Gasteiger partial charge in [-0.15, -0.1) is 11.8 Å². The number of hydrogen-bond donors (Lipinski definition) is 0. The van der Waals surface area contributed by atoms with Crippen LogP contribution in [0.5, 0.6) is 0 Å². The molecule has 0 bridgehead atoms. The molecule has 4 rings (SSSR count). The van der Waals surface area contributed by atoms with Crippen molar-refractivity contribution in [2.75, 3.05) is 12.3 Å². The zero-order valence-electron chi connectivity index (χ0n) is 13.6. The van der Waals surface area contributed by atoms with Crippen molar-refractivity contribution in [3.63, 3.8) is 0 Å². The van der Waals surface area contributed by atoms with Crippen LogP contribution in [0.25, 0.3) is 0 Å². The highest BCUT2D eigenvalue weighted by atomic mass is 32.2. The first kappa shape index (κ1) is 16.5. The minimum absolute atomic E-state index is 0.0976. The van der Waals surface area contributed by atoms with Gasteiger partial charge in [-0.3, -0.25) is 4.79 Å². The minimum Gasteiger partial charge on any atom is -0.316 e. The largest absolute Gasteiger partial charge is 0.416 e. The van der Waals surface area contributed by atoms with E-state index in [-0.39, 0.29) is 5.91 Å². The summed E-state index contributed by atoms with van der Waals surface area (Å²) in [6.45, 7) is 2.48. The Bertz CT molecular complexity index is 864. The van der Waals surface area contributed by atoms with Crippen molar-refractivity contribution < 1.29 is 18.0 Å². The van der Waals surface area contributed by atoms with Gasteiger partial charge in [-0.2, -0.15) is 13.2 Å². The van der Waals surface area contributed by atoms with Crippen molar-refractivity contribution in [3.05, 3.63) is 70.3 Å². The molecule has 1 fully saturated rings. The van der Waals surface area contributed by atoms with Gasteiger partial charge in [0.05, 0.1) is 5.56 Å². The first-order chi connectivity index (χ1) is 11.8. The fourth-order valence-electron chi connectivity index (χ4n) is 3.72. The number of halogens is 3. The monoisotopic (exact) mass is 363 g/mol. The molecule has 0 spiro atoms. The molecule has 6 heteroatoms. The van der Waals surface area contributed by atoms with E-state index >= 15 is 0 Å². The Morgan fingerprint density at radius 2 is 1.96 bits per heavy atom. The summed E-state index contributed by atoms with van der Waals surface area (Å²) in [5, 5.41) is 0. The summed E-state index contributed by atoms with van der Waals surface area (Å²) in [6.07, 6.45) is -3.57. The maximum Gasteiger partial charge on any atom is 0.416 e. The van der Waals surface area contributed by atoms with Gasteiger partial charge in [0.25, 0.3) is 5.91 Å². The molecule has 0 aromatic heterocycles. The second-order valence-electron chi connectivity index (χ2n) is 6.43. The molecular formula is C19H16F3NOS. The van der Waals surface area contributed by atoms with Crippen LogP contribution in [0.3, 0.4) is 0 Å². The maximum atomic E-state index is 13.2. The fourth-order valence-corrected chi connectivity index (χ4v) is 5.23. The third-order valence-electron chi connectivity index (χ3n) is 4.81. The lowest BCUT2D eigenvalue weighted by atomic mass is 9.94. The molecule has 1 amide bonds. The third-order valence-corrected chi connectivity index (χ3v) is 6.40. The molecule has 1 atom stereocenters. The number of benzene rings is 2. The molecule has 2 aromatic carbocycles. The van der Waals surface area contributed by atoms with Gasteiger partial charge >= 0.3 is 6.18 Å². The number of rotatable bonds is 1. The van der Waals surface area contributed by atoms with Crippen LogP contribution < -0.4 is 0 Å². The molecule has 130 valence electrons. The Morgan fingerprint density at radius 3 is 2.72 bits per heavy atom. The fraction of sp³-hybridized carbons (Fsp3) is 0.316. The summed E-state index contributed by atoms with van der Waals surface area (Å²) < 4.78 is 39.7. The molecular weight excluding hydrogens is 347 g/mol. The number of aryl methyl sites for hydroxylation is 1. The van der Waals surface area contributed by atoms with Crippen LogP contribution in [-0.4, -0.2) is 23.1 Å². The number of amides is 1. The van der Waals surface area contributed by atoms with Crippen molar-refractivity contribution in [2.45, 2.75) is 24.4 Å². The first-order valence-corrected chi connectivity index (χ1v) is 9.07. The Morgan fingerprint density at radius 1 is 1.16 bits per heavy atom. The van der Waals surface area contributed by atoms with Gasteiger partial charge in [-0.05, 0) is 42.9 Å². The highest BCUT2D eigenvalue weighted by Crippen LogP contribution is 2.54. The van der Waals surface area contributed by atoms with Gasteiger partial charge in [0, 0.05) is 17.7 Å². The highest BCUT2D eigenvalue weighted by molar-refractivity contribution is 8.00. The molecule has 25 heavy (non-hydrogen) atoms. The number of fused-ring (bicyclic) bond motifs is 3. The predicted octanol–water partition coefficient (Wildman–Crippen LogP) is 4.81. The van der Waals surface area contributed by atoms with Crippen LogP contribution in [0.4, 0.5) is 13.2 Å². The van der Waals surface area contributed by atoms with E-state index in [2.05, 4.69) is 0 Å². The molecule has 2 aliphatic heterocycles. The van der Waals surface area contributed by atoms with Crippen LogP contribution in [0.15, 0.2) is 42.5 Å². The molecule has 0 aliphatic carbocycles. The molecule has 2 nitrogen and oxygen atoms in total. The van der Waals surface area contributed by atoms with Crippen LogP contribution in [0.1, 0.15) is 39.0 Å². The summed E-state index contributed by atoms with van der Waals surface area (Å²) in [7, 11) is 0. The lowest BCUT2D eigenvalue weighted by Gasteiger charge is -2.43. The second kappa shape index (κ2) is 5.53. The van der Waals surface area contributed by atoms with E-state index in [1.165, 1.54) is 12.1 Å². The van der Waals surface area contributed by atoms with E-state index in [0.717, 1.165) is 29.4 Å². The minimum atomic E-state index is -4.41.